The third kappa shape index (κ3) is 2.24. The maximum absolute atomic E-state index is 11.8. The average Bonchev–Trinajstić information content (AvgIpc) is 3.10. The summed E-state index contributed by atoms with van der Waals surface area (Å²) in [6.07, 6.45) is 5.28. The van der Waals surface area contributed by atoms with Crippen molar-refractivity contribution in [2.75, 3.05) is 6.54 Å². The van der Waals surface area contributed by atoms with E-state index in [1.165, 1.54) is 5.56 Å². The molecule has 1 atom stereocenters. The van der Waals surface area contributed by atoms with Crippen LogP contribution in [0.25, 0.3) is 11.0 Å². The second-order valence-electron chi connectivity index (χ2n) is 5.72. The molecule has 0 saturated carbocycles. The summed E-state index contributed by atoms with van der Waals surface area (Å²) < 4.78 is 0. The second kappa shape index (κ2) is 5.44. The summed E-state index contributed by atoms with van der Waals surface area (Å²) in [7, 11) is 0. The largest absolute Gasteiger partial charge is 0.299 e. The van der Waals surface area contributed by atoms with Gasteiger partial charge in [0.25, 0.3) is 0 Å². The van der Waals surface area contributed by atoms with Crippen molar-refractivity contribution in [2.45, 2.75) is 18.0 Å². The predicted molar refractivity (Wildman–Crippen MR) is 88.0 cm³/mol. The zero-order valence-electron chi connectivity index (χ0n) is 12.4. The average molecular weight is 327 g/mol. The van der Waals surface area contributed by atoms with Gasteiger partial charge in [0.2, 0.25) is 0 Å². The lowest BCUT2D eigenvalue weighted by Crippen LogP contribution is -2.46. The summed E-state index contributed by atoms with van der Waals surface area (Å²) in [6.45, 7) is 1.29. The van der Waals surface area contributed by atoms with E-state index < -0.39 is 5.00 Å². The van der Waals surface area contributed by atoms with Crippen molar-refractivity contribution >= 4 is 28.9 Å². The highest BCUT2D eigenvalue weighted by Gasteiger charge is 2.38. The van der Waals surface area contributed by atoms with Crippen molar-refractivity contribution in [3.63, 3.8) is 0 Å². The molecule has 0 saturated heterocycles. The lowest BCUT2D eigenvalue weighted by Gasteiger charge is -2.38. The van der Waals surface area contributed by atoms with Gasteiger partial charge < -0.3 is 0 Å². The van der Waals surface area contributed by atoms with Crippen LogP contribution in [0.1, 0.15) is 16.7 Å². The molecule has 5 nitrogen and oxygen atoms in total. The van der Waals surface area contributed by atoms with E-state index in [9.17, 15) is 4.79 Å². The molecular formula is C17H15ClN4O. The number of halogens is 1. The van der Waals surface area contributed by atoms with Crippen LogP contribution in [-0.2, 0) is 22.8 Å². The number of alkyl halides is 1. The summed E-state index contributed by atoms with van der Waals surface area (Å²) in [4.78, 5) is 17.0. The number of aromatic amines is 1. The number of nitrogens with one attached hydrogen (secondary N) is 1. The molecule has 1 N–H and O–H groups in total. The van der Waals surface area contributed by atoms with Crippen molar-refractivity contribution in [3.05, 3.63) is 59.4 Å². The Morgan fingerprint density at radius 2 is 2.09 bits per heavy atom. The fraction of sp³-hybridized carbons (Fsp3) is 0.235. The molecule has 116 valence electrons. The normalized spacial score (nSPS) is 17.6. The number of carbonyl (C=O) groups excluding carboxylic acids is 1. The molecule has 1 unspecified atom stereocenters. The zero-order valence-corrected chi connectivity index (χ0v) is 13.1. The Morgan fingerprint density at radius 1 is 1.26 bits per heavy atom. The molecule has 3 aromatic rings. The second-order valence-corrected chi connectivity index (χ2v) is 6.30. The lowest BCUT2D eigenvalue weighted by molar-refractivity contribution is -0.115. The van der Waals surface area contributed by atoms with Crippen molar-refractivity contribution in [2.24, 2.45) is 0 Å². The standard InChI is InChI=1S/C17H15ClN4O/c18-17(11-23,13-4-2-1-3-5-13)22-7-6-14-12(10-22)8-19-16-15(14)9-20-21-16/h1-5,8-9,11H,6-7,10H2,(H,19,20,21). The number of hydrogen-bond donors (Lipinski definition) is 1. The molecule has 3 heterocycles. The quantitative estimate of drug-likeness (QED) is 0.456. The maximum atomic E-state index is 11.8. The number of pyridine rings is 1. The van der Waals surface area contributed by atoms with E-state index in [1.54, 1.807) is 0 Å². The van der Waals surface area contributed by atoms with Crippen LogP contribution in [0.15, 0.2) is 42.7 Å². The van der Waals surface area contributed by atoms with Crippen LogP contribution in [0.5, 0.6) is 0 Å². The molecule has 23 heavy (non-hydrogen) atoms. The summed E-state index contributed by atoms with van der Waals surface area (Å²) in [5.41, 5.74) is 3.91. The molecule has 2 aromatic heterocycles. The van der Waals surface area contributed by atoms with E-state index in [4.69, 9.17) is 11.6 Å². The Labute approximate surface area is 138 Å². The highest BCUT2D eigenvalue weighted by Crippen LogP contribution is 2.36. The van der Waals surface area contributed by atoms with Gasteiger partial charge in [-0.2, -0.15) is 5.10 Å². The first kappa shape index (κ1) is 14.4. The molecule has 1 aromatic carbocycles. The summed E-state index contributed by atoms with van der Waals surface area (Å²) in [5.74, 6) is 0. The lowest BCUT2D eigenvalue weighted by atomic mass is 9.96. The molecule has 0 aliphatic carbocycles. The van der Waals surface area contributed by atoms with Gasteiger partial charge >= 0.3 is 0 Å². The van der Waals surface area contributed by atoms with Crippen LogP contribution in [0.4, 0.5) is 0 Å². The molecule has 0 bridgehead atoms. The van der Waals surface area contributed by atoms with Crippen LogP contribution < -0.4 is 0 Å². The molecule has 0 spiro atoms. The fourth-order valence-electron chi connectivity index (χ4n) is 3.23. The number of hydrogen-bond acceptors (Lipinski definition) is 4. The zero-order chi connectivity index (χ0) is 15.9. The van der Waals surface area contributed by atoms with Crippen LogP contribution in [0.3, 0.4) is 0 Å². The van der Waals surface area contributed by atoms with Crippen LogP contribution in [0, 0.1) is 0 Å². The number of H-pyrrole nitrogens is 1. The van der Waals surface area contributed by atoms with Crippen LogP contribution in [0.2, 0.25) is 0 Å². The first-order valence-corrected chi connectivity index (χ1v) is 7.86. The highest BCUT2D eigenvalue weighted by molar-refractivity contribution is 6.31. The van der Waals surface area contributed by atoms with E-state index in [0.29, 0.717) is 13.1 Å². The van der Waals surface area contributed by atoms with Crippen molar-refractivity contribution in [1.29, 1.82) is 0 Å². The SMILES string of the molecule is O=CC(Cl)(c1ccccc1)N1CCc2c(cnc3[nH]ncc23)C1. The number of fused-ring (bicyclic) bond motifs is 3. The van der Waals surface area contributed by atoms with Gasteiger partial charge in [-0.15, -0.1) is 0 Å². The molecule has 1 aliphatic rings. The van der Waals surface area contributed by atoms with Gasteiger partial charge in [0.15, 0.2) is 16.9 Å². The molecule has 4 rings (SSSR count). The first-order valence-electron chi connectivity index (χ1n) is 7.48. The van der Waals surface area contributed by atoms with Gasteiger partial charge in [-0.05, 0) is 23.1 Å². The number of benzene rings is 1. The summed E-state index contributed by atoms with van der Waals surface area (Å²) in [6, 6.07) is 9.47. The number of rotatable bonds is 3. The van der Waals surface area contributed by atoms with Gasteiger partial charge in [-0.3, -0.25) is 14.8 Å². The smallest absolute Gasteiger partial charge is 0.178 e. The van der Waals surface area contributed by atoms with Crippen molar-refractivity contribution in [3.8, 4) is 0 Å². The minimum Gasteiger partial charge on any atom is -0.299 e. The molecule has 0 fully saturated rings. The number of aromatic nitrogens is 3. The molecule has 0 amide bonds. The molecule has 6 heteroatoms. The Kier molecular flexibility index (Phi) is 3.39. The van der Waals surface area contributed by atoms with Gasteiger partial charge in [-0.25, -0.2) is 4.98 Å². The number of aldehydes is 1. The maximum Gasteiger partial charge on any atom is 0.178 e. The Morgan fingerprint density at radius 3 is 2.87 bits per heavy atom. The van der Waals surface area contributed by atoms with E-state index >= 15 is 0 Å². The van der Waals surface area contributed by atoms with Gasteiger partial charge in [-0.1, -0.05) is 41.9 Å². The van der Waals surface area contributed by atoms with Crippen molar-refractivity contribution < 1.29 is 4.79 Å². The summed E-state index contributed by atoms with van der Waals surface area (Å²) in [5, 5.41) is 8.00. The fourth-order valence-corrected chi connectivity index (χ4v) is 3.50. The van der Waals surface area contributed by atoms with E-state index in [2.05, 4.69) is 15.2 Å². The van der Waals surface area contributed by atoms with Crippen LogP contribution >= 0.6 is 11.6 Å². The third-order valence-corrected chi connectivity index (χ3v) is 5.02. The Hall–Kier alpha value is -2.24. The predicted octanol–water partition coefficient (Wildman–Crippen LogP) is 2.61. The van der Waals surface area contributed by atoms with E-state index in [-0.39, 0.29) is 0 Å². The summed E-state index contributed by atoms with van der Waals surface area (Å²) >= 11 is 6.71. The monoisotopic (exact) mass is 326 g/mol. The van der Waals surface area contributed by atoms with Crippen LogP contribution in [-0.4, -0.2) is 32.9 Å². The van der Waals surface area contributed by atoms with Crippen molar-refractivity contribution in [1.82, 2.24) is 20.1 Å². The van der Waals surface area contributed by atoms with E-state index in [1.807, 2.05) is 47.6 Å². The minimum absolute atomic E-state index is 0.584. The highest BCUT2D eigenvalue weighted by atomic mass is 35.5. The van der Waals surface area contributed by atoms with Gasteiger partial charge in [0, 0.05) is 24.7 Å². The molecule has 0 radical (unpaired) electrons. The minimum atomic E-state index is -1.15. The number of nitrogens with zero attached hydrogens (tertiary/aromatic N) is 3. The number of carbonyl (C=O) groups is 1. The molecule has 1 aliphatic heterocycles. The molecular weight excluding hydrogens is 312 g/mol. The van der Waals surface area contributed by atoms with Gasteiger partial charge in [0.05, 0.1) is 6.20 Å². The van der Waals surface area contributed by atoms with Gasteiger partial charge in [0.1, 0.15) is 0 Å². The first-order chi connectivity index (χ1) is 11.2. The third-order valence-electron chi connectivity index (χ3n) is 4.47. The van der Waals surface area contributed by atoms with E-state index in [0.717, 1.165) is 34.9 Å². The Balaban J connectivity index is 1.73. The topological polar surface area (TPSA) is 61.9 Å². The Bertz CT molecular complexity index is 863.